The number of amides is 3. The Bertz CT molecular complexity index is 601. The van der Waals surface area contributed by atoms with Crippen molar-refractivity contribution < 1.29 is 9.59 Å². The first kappa shape index (κ1) is 17.7. The van der Waals surface area contributed by atoms with E-state index in [2.05, 4.69) is 15.4 Å². The van der Waals surface area contributed by atoms with Crippen LogP contribution in [0.15, 0.2) is 12.7 Å². The molecule has 0 aliphatic carbocycles. The molecule has 3 rings (SSSR count). The van der Waals surface area contributed by atoms with Crippen LogP contribution in [-0.2, 0) is 11.3 Å². The molecule has 25 heavy (non-hydrogen) atoms. The fraction of sp³-hybridized carbons (Fsp3) is 0.765. The van der Waals surface area contributed by atoms with Crippen LogP contribution in [-0.4, -0.2) is 67.7 Å². The van der Waals surface area contributed by atoms with E-state index in [0.717, 1.165) is 32.5 Å². The van der Waals surface area contributed by atoms with Gasteiger partial charge in [0, 0.05) is 38.1 Å². The van der Waals surface area contributed by atoms with Crippen LogP contribution in [0.4, 0.5) is 4.79 Å². The number of nitrogens with one attached hydrogen (secondary N) is 1. The van der Waals surface area contributed by atoms with Crippen molar-refractivity contribution >= 4 is 11.9 Å². The molecule has 1 atom stereocenters. The zero-order valence-electron chi connectivity index (χ0n) is 15.3. The van der Waals surface area contributed by atoms with Gasteiger partial charge in [0.25, 0.3) is 0 Å². The Morgan fingerprint density at radius 3 is 2.60 bits per heavy atom. The fourth-order valence-corrected chi connectivity index (χ4v) is 3.63. The first-order valence-corrected chi connectivity index (χ1v) is 9.01. The van der Waals surface area contributed by atoms with Crippen molar-refractivity contribution in [1.29, 1.82) is 0 Å². The topological polar surface area (TPSA) is 83.4 Å². The summed E-state index contributed by atoms with van der Waals surface area (Å²) in [5, 5.41) is 7.18. The summed E-state index contributed by atoms with van der Waals surface area (Å²) in [6.07, 6.45) is 5.60. The second kappa shape index (κ2) is 7.01. The molecular weight excluding hydrogens is 320 g/mol. The smallest absolute Gasteiger partial charge is 0.317 e. The molecule has 0 bridgehead atoms. The molecular formula is C17H28N6O2. The lowest BCUT2D eigenvalue weighted by Crippen LogP contribution is -2.49. The number of hydrogen-bond donors (Lipinski definition) is 1. The lowest BCUT2D eigenvalue weighted by atomic mass is 9.97. The summed E-state index contributed by atoms with van der Waals surface area (Å²) < 4.78 is 1.85. The Kier molecular flexibility index (Phi) is 4.96. The molecule has 2 saturated heterocycles. The maximum absolute atomic E-state index is 12.5. The number of rotatable bonds is 3. The van der Waals surface area contributed by atoms with Crippen molar-refractivity contribution in [3.05, 3.63) is 12.7 Å². The SMILES string of the molecule is CC(C)(C)N1CC(NC(=O)N2CCC(Cn3cncn3)CC2)CC1=O. The minimum absolute atomic E-state index is 0.0484. The molecule has 2 fully saturated rings. The molecule has 0 radical (unpaired) electrons. The van der Waals surface area contributed by atoms with Crippen molar-refractivity contribution in [2.75, 3.05) is 19.6 Å². The van der Waals surface area contributed by atoms with Gasteiger partial charge < -0.3 is 15.1 Å². The van der Waals surface area contributed by atoms with Crippen LogP contribution >= 0.6 is 0 Å². The van der Waals surface area contributed by atoms with Crippen molar-refractivity contribution in [3.8, 4) is 0 Å². The third-order valence-electron chi connectivity index (χ3n) is 5.08. The zero-order valence-corrected chi connectivity index (χ0v) is 15.3. The monoisotopic (exact) mass is 348 g/mol. The van der Waals surface area contributed by atoms with Crippen molar-refractivity contribution in [2.45, 2.75) is 58.2 Å². The fourth-order valence-electron chi connectivity index (χ4n) is 3.63. The number of carbonyl (C=O) groups is 2. The number of piperidine rings is 1. The van der Waals surface area contributed by atoms with E-state index in [1.807, 2.05) is 35.3 Å². The molecule has 2 aliphatic rings. The van der Waals surface area contributed by atoms with Crippen molar-refractivity contribution in [2.24, 2.45) is 5.92 Å². The van der Waals surface area contributed by atoms with Gasteiger partial charge in [0.15, 0.2) is 0 Å². The van der Waals surface area contributed by atoms with E-state index in [-0.39, 0.29) is 23.5 Å². The van der Waals surface area contributed by atoms with Gasteiger partial charge >= 0.3 is 6.03 Å². The highest BCUT2D eigenvalue weighted by Gasteiger charge is 2.37. The summed E-state index contributed by atoms with van der Waals surface area (Å²) in [7, 11) is 0. The quantitative estimate of drug-likeness (QED) is 0.887. The van der Waals surface area contributed by atoms with E-state index >= 15 is 0 Å². The van der Waals surface area contributed by atoms with Crippen molar-refractivity contribution in [3.63, 3.8) is 0 Å². The zero-order chi connectivity index (χ0) is 18.0. The molecule has 8 nitrogen and oxygen atoms in total. The van der Waals surface area contributed by atoms with Crippen molar-refractivity contribution in [1.82, 2.24) is 29.9 Å². The summed E-state index contributed by atoms with van der Waals surface area (Å²) in [5.41, 5.74) is -0.198. The molecule has 3 amide bonds. The van der Waals surface area contributed by atoms with Gasteiger partial charge in [-0.2, -0.15) is 5.10 Å². The molecule has 0 aromatic carbocycles. The number of urea groups is 1. The van der Waals surface area contributed by atoms with Crippen LogP contribution in [0.5, 0.6) is 0 Å². The molecule has 1 aromatic heterocycles. The van der Waals surface area contributed by atoms with Gasteiger partial charge in [0.1, 0.15) is 12.7 Å². The lowest BCUT2D eigenvalue weighted by Gasteiger charge is -2.33. The Morgan fingerprint density at radius 1 is 1.32 bits per heavy atom. The van der Waals surface area contributed by atoms with Crippen LogP contribution in [0.2, 0.25) is 0 Å². The van der Waals surface area contributed by atoms with Gasteiger partial charge in [0.2, 0.25) is 5.91 Å². The average Bonchev–Trinajstić information content (AvgIpc) is 3.17. The van der Waals surface area contributed by atoms with Crippen LogP contribution in [0.1, 0.15) is 40.0 Å². The van der Waals surface area contributed by atoms with E-state index in [1.54, 1.807) is 12.7 Å². The molecule has 8 heteroatoms. The summed E-state index contributed by atoms with van der Waals surface area (Å²) in [4.78, 5) is 32.3. The maximum atomic E-state index is 12.5. The third kappa shape index (κ3) is 4.29. The van der Waals surface area contributed by atoms with E-state index < -0.39 is 0 Å². The van der Waals surface area contributed by atoms with E-state index in [0.29, 0.717) is 18.9 Å². The highest BCUT2D eigenvalue weighted by molar-refractivity contribution is 5.82. The first-order chi connectivity index (χ1) is 11.8. The Hall–Kier alpha value is -2.12. The largest absolute Gasteiger partial charge is 0.336 e. The van der Waals surface area contributed by atoms with Gasteiger partial charge in [-0.25, -0.2) is 9.78 Å². The van der Waals surface area contributed by atoms with Gasteiger partial charge in [0.05, 0.1) is 6.04 Å². The minimum atomic E-state index is -0.198. The van der Waals surface area contributed by atoms with Crippen LogP contribution in [0.25, 0.3) is 0 Å². The van der Waals surface area contributed by atoms with Gasteiger partial charge in [-0.05, 0) is 39.5 Å². The second-order valence-electron chi connectivity index (χ2n) is 8.07. The van der Waals surface area contributed by atoms with E-state index in [4.69, 9.17) is 0 Å². The van der Waals surface area contributed by atoms with Gasteiger partial charge in [-0.15, -0.1) is 0 Å². The molecule has 3 heterocycles. The maximum Gasteiger partial charge on any atom is 0.317 e. The van der Waals surface area contributed by atoms with Gasteiger partial charge in [-0.1, -0.05) is 0 Å². The molecule has 1 N–H and O–H groups in total. The van der Waals surface area contributed by atoms with E-state index in [1.165, 1.54) is 0 Å². The summed E-state index contributed by atoms with van der Waals surface area (Å²) in [6, 6.07) is -0.139. The number of nitrogens with zero attached hydrogens (tertiary/aromatic N) is 5. The summed E-state index contributed by atoms with van der Waals surface area (Å²) in [6.45, 7) is 9.01. The van der Waals surface area contributed by atoms with E-state index in [9.17, 15) is 9.59 Å². The Labute approximate surface area is 148 Å². The molecule has 0 saturated carbocycles. The normalized spacial score (nSPS) is 22.5. The summed E-state index contributed by atoms with van der Waals surface area (Å²) in [5.74, 6) is 0.638. The highest BCUT2D eigenvalue weighted by atomic mass is 16.2. The highest BCUT2D eigenvalue weighted by Crippen LogP contribution is 2.23. The number of hydrogen-bond acceptors (Lipinski definition) is 4. The molecule has 1 unspecified atom stereocenters. The third-order valence-corrected chi connectivity index (χ3v) is 5.08. The average molecular weight is 348 g/mol. The van der Waals surface area contributed by atoms with Crippen LogP contribution in [0, 0.1) is 5.92 Å². The molecule has 0 spiro atoms. The molecule has 138 valence electrons. The Morgan fingerprint density at radius 2 is 2.04 bits per heavy atom. The number of likely N-dealkylation sites (tertiary alicyclic amines) is 2. The minimum Gasteiger partial charge on any atom is -0.336 e. The summed E-state index contributed by atoms with van der Waals surface area (Å²) >= 11 is 0. The van der Waals surface area contributed by atoms with Crippen LogP contribution in [0.3, 0.4) is 0 Å². The predicted molar refractivity (Wildman–Crippen MR) is 92.7 cm³/mol. The molecule has 2 aliphatic heterocycles. The number of carbonyl (C=O) groups excluding carboxylic acids is 2. The van der Waals surface area contributed by atoms with Gasteiger partial charge in [-0.3, -0.25) is 9.48 Å². The molecule has 1 aromatic rings. The Balaban J connectivity index is 1.45. The predicted octanol–water partition coefficient (Wildman–Crippen LogP) is 1.10. The van der Waals surface area contributed by atoms with Crippen LogP contribution < -0.4 is 5.32 Å². The lowest BCUT2D eigenvalue weighted by molar-refractivity contribution is -0.131. The second-order valence-corrected chi connectivity index (χ2v) is 8.07. The number of aromatic nitrogens is 3. The first-order valence-electron chi connectivity index (χ1n) is 9.01. The standard InChI is InChI=1S/C17H28N6O2/c1-17(2,3)23-10-14(8-15(23)24)20-16(25)21-6-4-13(5-7-21)9-22-12-18-11-19-22/h11-14H,4-10H2,1-3H3,(H,20,25).